The second-order valence-corrected chi connectivity index (χ2v) is 19.4. The Balaban J connectivity index is 0.983. The van der Waals surface area contributed by atoms with E-state index in [2.05, 4.69) is 32.4 Å². The van der Waals surface area contributed by atoms with Gasteiger partial charge in [-0.15, -0.1) is 0 Å². The number of phenolic OH excluding ortho intramolecular Hbond substituents is 2. The summed E-state index contributed by atoms with van der Waals surface area (Å²) in [5.41, 5.74) is 9.24. The second-order valence-electron chi connectivity index (χ2n) is 19.4. The number of carbonyl (C=O) groups excluding carboxylic acids is 1. The highest BCUT2D eigenvalue weighted by molar-refractivity contribution is 6.13. The largest absolute Gasteiger partial charge is 0.508 e. The molecule has 2 aromatic heterocycles. The lowest BCUT2D eigenvalue weighted by Crippen LogP contribution is -2.67. The number of phenols is 2. The number of nitrogens with zero attached hydrogens (tertiary/aromatic N) is 2. The molecule has 1 amide bonds. The third kappa shape index (κ3) is 6.76. The predicted octanol–water partition coefficient (Wildman–Crippen LogP) is 3.62. The van der Waals surface area contributed by atoms with Crippen molar-refractivity contribution in [1.82, 2.24) is 15.0 Å². The molecular formula is C52H54N6O12. The molecule has 364 valence electrons. The number of ether oxygens (including phenoxy) is 2. The van der Waals surface area contributed by atoms with Crippen LogP contribution in [0.15, 0.2) is 104 Å². The molecular weight excluding hydrogens is 901 g/mol. The molecule has 4 aliphatic carbocycles. The van der Waals surface area contributed by atoms with Crippen LogP contribution in [0.25, 0.3) is 12.2 Å². The van der Waals surface area contributed by atoms with Gasteiger partial charge < -0.3 is 71.3 Å². The molecule has 6 aliphatic rings. The third-order valence-electron chi connectivity index (χ3n) is 15.9. The van der Waals surface area contributed by atoms with Gasteiger partial charge in [0, 0.05) is 65.4 Å². The molecule has 2 aliphatic heterocycles. The normalized spacial score (nSPS) is 33.7. The number of hydrogen-bond donors (Lipinski definition) is 12. The zero-order chi connectivity index (χ0) is 48.9. The molecule has 1 saturated heterocycles. The van der Waals surface area contributed by atoms with Crippen LogP contribution in [0, 0.1) is 11.8 Å². The van der Waals surface area contributed by atoms with Crippen LogP contribution < -0.4 is 20.7 Å². The smallest absolute Gasteiger partial charge is 0.355 e. The van der Waals surface area contributed by atoms with Crippen LogP contribution in [0.3, 0.4) is 0 Å². The highest BCUT2D eigenvalue weighted by atomic mass is 16.8. The van der Waals surface area contributed by atoms with E-state index in [0.29, 0.717) is 30.5 Å². The highest BCUT2D eigenvalue weighted by Crippen LogP contribution is 2.66. The number of carboxylic acid groups (broad SMARTS) is 1. The van der Waals surface area contributed by atoms with E-state index >= 15 is 4.79 Å². The van der Waals surface area contributed by atoms with E-state index in [9.17, 15) is 45.6 Å². The molecule has 0 bridgehead atoms. The van der Waals surface area contributed by atoms with Crippen molar-refractivity contribution in [2.75, 3.05) is 23.4 Å². The van der Waals surface area contributed by atoms with Crippen LogP contribution in [0.4, 0.5) is 11.5 Å². The molecule has 13 N–H and O–H groups in total. The molecule has 0 radical (unpaired) electrons. The average Bonchev–Trinajstić information content (AvgIpc) is 4.22. The summed E-state index contributed by atoms with van der Waals surface area (Å²) in [6, 6.07) is 18.7. The lowest BCUT2D eigenvalue weighted by Gasteiger charge is -2.49. The molecule has 70 heavy (non-hydrogen) atoms. The van der Waals surface area contributed by atoms with Crippen molar-refractivity contribution in [1.29, 1.82) is 0 Å². The predicted molar refractivity (Wildman–Crippen MR) is 254 cm³/mol. The van der Waals surface area contributed by atoms with Crippen LogP contribution >= 0.6 is 0 Å². The Hall–Kier alpha value is -6.77. The zero-order valence-electron chi connectivity index (χ0n) is 37.7. The number of anilines is 2. The number of aromatic hydroxyl groups is 2. The Morgan fingerprint density at radius 3 is 2.57 bits per heavy atom. The number of aliphatic hydroxyl groups excluding tert-OH is 4. The van der Waals surface area contributed by atoms with Gasteiger partial charge in [0.2, 0.25) is 0 Å². The van der Waals surface area contributed by atoms with Crippen LogP contribution in [0.1, 0.15) is 82.6 Å². The molecule has 2 fully saturated rings. The fourth-order valence-corrected chi connectivity index (χ4v) is 12.7. The van der Waals surface area contributed by atoms with E-state index in [-0.39, 0.29) is 34.8 Å². The minimum Gasteiger partial charge on any atom is -0.508 e. The SMILES string of the molecule is NC1CCC2C=Cc3ccccc3C12C1C=CC2(C(=O)O)C1c1cc(O)c(OC3(O)OC(CO)C(O)C(O)C3O)cc1N2C(=O)C=Cc1ccc(O)c(C2CCC(CNc3ccc[nH]3)c3nc[nH]c32)c1. The minimum absolute atomic E-state index is 0.0165. The van der Waals surface area contributed by atoms with Gasteiger partial charge in [0.05, 0.1) is 24.3 Å². The standard InChI is InChI=1S/C52H54N6O12/c53-40-15-12-29-11-9-27-4-1-2-5-33(27)51(29,40)34-17-18-50(49(66)67)43(34)32-21-37(61)38(69-52(68)48(65)47(64)46(63)39(24-59)70-52)22-35(32)58(50)42(62)16-8-26-7-14-36(60)31(20-26)30-13-10-28(44-45(30)57-25-56-44)23-55-41-6-3-19-54-41/h1-9,11,14,16-22,25,28-30,34,39-40,43,46-48,54-55,59-61,63-65,68H,10,12-13,15,23-24,53H2,(H,56,57)(H,66,67). The van der Waals surface area contributed by atoms with Crippen molar-refractivity contribution >= 4 is 35.5 Å². The molecule has 13 atom stereocenters. The number of carbonyl (C=O) groups is 2. The first-order chi connectivity index (χ1) is 33.7. The van der Waals surface area contributed by atoms with Crippen LogP contribution in [0.5, 0.6) is 17.2 Å². The number of hydrogen-bond acceptors (Lipinski definition) is 14. The molecule has 4 heterocycles. The Morgan fingerprint density at radius 2 is 1.79 bits per heavy atom. The Bertz CT molecular complexity index is 2950. The van der Waals surface area contributed by atoms with E-state index in [0.717, 1.165) is 52.1 Å². The summed E-state index contributed by atoms with van der Waals surface area (Å²) in [5.74, 6) is -7.54. The second kappa shape index (κ2) is 17.0. The number of nitrogens with two attached hydrogens (primary N) is 1. The fourth-order valence-electron chi connectivity index (χ4n) is 12.7. The number of imidazole rings is 1. The van der Waals surface area contributed by atoms with Crippen molar-refractivity contribution in [3.63, 3.8) is 0 Å². The molecule has 11 rings (SSSR count). The Kier molecular flexibility index (Phi) is 11.1. The monoisotopic (exact) mass is 954 g/mol. The van der Waals surface area contributed by atoms with Crippen molar-refractivity contribution in [3.05, 3.63) is 143 Å². The third-order valence-corrected chi connectivity index (χ3v) is 15.9. The minimum atomic E-state index is -3.15. The van der Waals surface area contributed by atoms with E-state index in [1.54, 1.807) is 24.5 Å². The number of benzene rings is 3. The van der Waals surface area contributed by atoms with Crippen molar-refractivity contribution in [3.8, 4) is 17.2 Å². The van der Waals surface area contributed by atoms with E-state index in [1.165, 1.54) is 24.3 Å². The van der Waals surface area contributed by atoms with Gasteiger partial charge in [0.25, 0.3) is 5.91 Å². The Morgan fingerprint density at radius 1 is 0.957 bits per heavy atom. The number of amides is 1. The number of aliphatic hydroxyl groups is 5. The first-order valence-corrected chi connectivity index (χ1v) is 23.5. The lowest BCUT2D eigenvalue weighted by atomic mass is 9.55. The quantitative estimate of drug-likeness (QED) is 0.0511. The van der Waals surface area contributed by atoms with Crippen LogP contribution in [-0.2, 0) is 19.7 Å². The number of fused-ring (bicyclic) bond motifs is 7. The van der Waals surface area contributed by atoms with Crippen molar-refractivity contribution in [2.45, 2.75) is 90.8 Å². The van der Waals surface area contributed by atoms with Gasteiger partial charge in [-0.1, -0.05) is 54.6 Å². The van der Waals surface area contributed by atoms with Gasteiger partial charge in [0.15, 0.2) is 23.1 Å². The lowest BCUT2D eigenvalue weighted by molar-refractivity contribution is -0.422. The number of allylic oxidation sites excluding steroid dienone is 2. The number of rotatable bonds is 11. The van der Waals surface area contributed by atoms with Gasteiger partial charge in [-0.25, -0.2) is 9.78 Å². The van der Waals surface area contributed by atoms with Gasteiger partial charge >= 0.3 is 11.9 Å². The van der Waals surface area contributed by atoms with E-state index in [4.69, 9.17) is 15.2 Å². The number of H-pyrrole nitrogens is 2. The molecule has 13 unspecified atom stereocenters. The zero-order valence-corrected chi connectivity index (χ0v) is 37.7. The highest BCUT2D eigenvalue weighted by Gasteiger charge is 2.69. The average molecular weight is 955 g/mol. The number of carboxylic acids is 1. The summed E-state index contributed by atoms with van der Waals surface area (Å²) < 4.78 is 11.1. The van der Waals surface area contributed by atoms with Gasteiger partial charge in [0.1, 0.15) is 29.9 Å². The number of aromatic nitrogens is 3. The molecule has 5 aromatic rings. The van der Waals surface area contributed by atoms with Gasteiger partial charge in [-0.3, -0.25) is 9.69 Å². The summed E-state index contributed by atoms with van der Waals surface area (Å²) in [5, 5.41) is 91.3. The summed E-state index contributed by atoms with van der Waals surface area (Å²) in [6.45, 7) is -0.252. The topological polar surface area (TPSA) is 300 Å². The molecule has 18 heteroatoms. The van der Waals surface area contributed by atoms with E-state index in [1.807, 2.05) is 48.7 Å². The maximum Gasteiger partial charge on any atom is 0.355 e. The summed E-state index contributed by atoms with van der Waals surface area (Å²) in [6.07, 6.45) is 8.75. The summed E-state index contributed by atoms with van der Waals surface area (Å²) in [7, 11) is 0. The molecule has 1 saturated carbocycles. The fraction of sp³-hybridized carbons (Fsp3) is 0.365. The Labute approximate surface area is 401 Å². The van der Waals surface area contributed by atoms with E-state index < -0.39 is 89.2 Å². The van der Waals surface area contributed by atoms with Gasteiger partial charge in [-0.2, -0.15) is 0 Å². The maximum absolute atomic E-state index is 15.2. The van der Waals surface area contributed by atoms with Crippen molar-refractivity contribution < 1.29 is 59.9 Å². The van der Waals surface area contributed by atoms with Gasteiger partial charge in [-0.05, 0) is 96.2 Å². The molecule has 18 nitrogen and oxygen atoms in total. The maximum atomic E-state index is 15.2. The first kappa shape index (κ1) is 45.7. The summed E-state index contributed by atoms with van der Waals surface area (Å²) in [4.78, 5) is 41.7. The van der Waals surface area contributed by atoms with Crippen LogP contribution in [-0.4, -0.2) is 123 Å². The molecule has 3 aromatic carbocycles. The van der Waals surface area contributed by atoms with Crippen molar-refractivity contribution in [2.24, 2.45) is 17.6 Å². The number of nitrogens with one attached hydrogen (secondary N) is 3. The summed E-state index contributed by atoms with van der Waals surface area (Å²) >= 11 is 0. The number of aromatic amines is 2. The first-order valence-electron chi connectivity index (χ1n) is 23.5. The molecule has 0 spiro atoms. The van der Waals surface area contributed by atoms with Crippen LogP contribution in [0.2, 0.25) is 0 Å². The number of aliphatic carboxylic acids is 1.